The van der Waals surface area contributed by atoms with Crippen LogP contribution in [0.25, 0.3) is 0 Å². The second-order valence-corrected chi connectivity index (χ2v) is 5.51. The highest BCUT2D eigenvalue weighted by Crippen LogP contribution is 2.07. The lowest BCUT2D eigenvalue weighted by Gasteiger charge is -2.06. The van der Waals surface area contributed by atoms with Crippen molar-refractivity contribution >= 4 is 16.0 Å². The van der Waals surface area contributed by atoms with Crippen molar-refractivity contribution in [2.45, 2.75) is 24.2 Å². The van der Waals surface area contributed by atoms with Crippen LogP contribution in [0.5, 0.6) is 0 Å². The maximum absolute atomic E-state index is 11.8. The zero-order valence-corrected chi connectivity index (χ0v) is 11.1. The first-order valence-electron chi connectivity index (χ1n) is 5.68. The van der Waals surface area contributed by atoms with E-state index in [9.17, 15) is 13.2 Å². The van der Waals surface area contributed by atoms with E-state index >= 15 is 0 Å². The summed E-state index contributed by atoms with van der Waals surface area (Å²) in [6.45, 7) is 0.314. The highest BCUT2D eigenvalue weighted by molar-refractivity contribution is 7.89. The van der Waals surface area contributed by atoms with E-state index in [2.05, 4.69) is 9.46 Å². The molecule has 0 spiro atoms. The number of benzene rings is 1. The molecule has 0 unspecified atom stereocenters. The SMILES string of the molecule is COC(=O)CCCCNS(=O)(=O)c1ccccc1. The van der Waals surface area contributed by atoms with Gasteiger partial charge in [0.2, 0.25) is 10.0 Å². The molecule has 100 valence electrons. The van der Waals surface area contributed by atoms with Gasteiger partial charge in [0, 0.05) is 13.0 Å². The van der Waals surface area contributed by atoms with Crippen molar-refractivity contribution in [1.82, 2.24) is 4.72 Å². The maximum atomic E-state index is 11.8. The average Bonchev–Trinajstić information content (AvgIpc) is 2.39. The number of carbonyl (C=O) groups excluding carboxylic acids is 1. The first-order chi connectivity index (χ1) is 8.56. The van der Waals surface area contributed by atoms with Crippen molar-refractivity contribution in [3.05, 3.63) is 30.3 Å². The lowest BCUT2D eigenvalue weighted by Crippen LogP contribution is -2.24. The molecule has 0 saturated heterocycles. The van der Waals surface area contributed by atoms with E-state index in [4.69, 9.17) is 0 Å². The third-order valence-corrected chi connectivity index (χ3v) is 3.86. The van der Waals surface area contributed by atoms with Gasteiger partial charge in [-0.3, -0.25) is 4.79 Å². The molecule has 0 aliphatic carbocycles. The van der Waals surface area contributed by atoms with Crippen molar-refractivity contribution in [1.29, 1.82) is 0 Å². The number of carbonyl (C=O) groups is 1. The van der Waals surface area contributed by atoms with Crippen LogP contribution in [-0.2, 0) is 19.6 Å². The molecule has 0 saturated carbocycles. The Kier molecular flexibility index (Phi) is 5.80. The third kappa shape index (κ3) is 4.85. The van der Waals surface area contributed by atoms with Gasteiger partial charge in [-0.05, 0) is 25.0 Å². The van der Waals surface area contributed by atoms with Crippen LogP contribution in [0.15, 0.2) is 35.2 Å². The Morgan fingerprint density at radius 3 is 2.50 bits per heavy atom. The molecule has 5 nitrogen and oxygen atoms in total. The molecule has 0 radical (unpaired) electrons. The summed E-state index contributed by atoms with van der Waals surface area (Å²) in [6.07, 6.45) is 1.51. The van der Waals surface area contributed by atoms with Gasteiger partial charge in [0.1, 0.15) is 0 Å². The Morgan fingerprint density at radius 2 is 1.89 bits per heavy atom. The molecule has 0 aromatic heterocycles. The normalized spacial score (nSPS) is 11.2. The van der Waals surface area contributed by atoms with Crippen molar-refractivity contribution in [2.75, 3.05) is 13.7 Å². The van der Waals surface area contributed by atoms with Gasteiger partial charge < -0.3 is 4.74 Å². The second-order valence-electron chi connectivity index (χ2n) is 3.74. The molecule has 0 atom stereocenters. The molecule has 0 aliphatic heterocycles. The smallest absolute Gasteiger partial charge is 0.305 e. The molecular weight excluding hydrogens is 254 g/mol. The number of esters is 1. The maximum Gasteiger partial charge on any atom is 0.305 e. The molecule has 0 bridgehead atoms. The summed E-state index contributed by atoms with van der Waals surface area (Å²) in [6, 6.07) is 8.18. The van der Waals surface area contributed by atoms with Crippen molar-refractivity contribution in [2.24, 2.45) is 0 Å². The fraction of sp³-hybridized carbons (Fsp3) is 0.417. The van der Waals surface area contributed by atoms with E-state index in [0.717, 1.165) is 0 Å². The number of unbranched alkanes of at least 4 members (excludes halogenated alkanes) is 1. The summed E-state index contributed by atoms with van der Waals surface area (Å²) < 4.78 is 30.5. The molecule has 0 fully saturated rings. The van der Waals surface area contributed by atoms with E-state index < -0.39 is 10.0 Å². The van der Waals surface area contributed by atoms with Crippen LogP contribution in [0.1, 0.15) is 19.3 Å². The van der Waals surface area contributed by atoms with Crippen molar-refractivity contribution in [3.8, 4) is 0 Å². The highest BCUT2D eigenvalue weighted by Gasteiger charge is 2.11. The monoisotopic (exact) mass is 271 g/mol. The Hall–Kier alpha value is -1.40. The molecular formula is C12H17NO4S. The van der Waals surface area contributed by atoms with Crippen molar-refractivity contribution in [3.63, 3.8) is 0 Å². The van der Waals surface area contributed by atoms with E-state index in [1.807, 2.05) is 0 Å². The van der Waals surface area contributed by atoms with E-state index in [1.54, 1.807) is 18.2 Å². The first kappa shape index (κ1) is 14.7. The molecule has 18 heavy (non-hydrogen) atoms. The molecule has 1 aromatic rings. The van der Waals surface area contributed by atoms with E-state index in [1.165, 1.54) is 19.2 Å². The summed E-state index contributed by atoms with van der Waals surface area (Å²) in [4.78, 5) is 11.1. The summed E-state index contributed by atoms with van der Waals surface area (Å²) in [5.74, 6) is -0.277. The number of nitrogens with one attached hydrogen (secondary N) is 1. The zero-order chi connectivity index (χ0) is 13.4. The van der Waals surface area contributed by atoms with Crippen LogP contribution >= 0.6 is 0 Å². The minimum atomic E-state index is -3.43. The van der Waals surface area contributed by atoms with Crippen molar-refractivity contribution < 1.29 is 17.9 Å². The Morgan fingerprint density at radius 1 is 1.22 bits per heavy atom. The topological polar surface area (TPSA) is 72.5 Å². The lowest BCUT2D eigenvalue weighted by molar-refractivity contribution is -0.140. The minimum Gasteiger partial charge on any atom is -0.469 e. The number of sulfonamides is 1. The van der Waals surface area contributed by atoms with Crippen LogP contribution in [0.4, 0.5) is 0 Å². The predicted molar refractivity (Wildman–Crippen MR) is 67.5 cm³/mol. The summed E-state index contributed by atoms with van der Waals surface area (Å²) in [5.41, 5.74) is 0. The fourth-order valence-electron chi connectivity index (χ4n) is 1.39. The molecule has 0 aliphatic rings. The van der Waals surface area contributed by atoms with E-state index in [-0.39, 0.29) is 10.9 Å². The largest absolute Gasteiger partial charge is 0.469 e. The Labute approximate surface area is 107 Å². The van der Waals surface area contributed by atoms with Gasteiger partial charge in [-0.2, -0.15) is 0 Å². The molecule has 1 rings (SSSR count). The molecule has 0 amide bonds. The van der Waals surface area contributed by atoms with Gasteiger partial charge in [0.25, 0.3) is 0 Å². The van der Waals surface area contributed by atoms with Crippen LogP contribution < -0.4 is 4.72 Å². The number of hydrogen-bond acceptors (Lipinski definition) is 4. The number of hydrogen-bond donors (Lipinski definition) is 1. The van der Waals surface area contributed by atoms with Gasteiger partial charge in [0.05, 0.1) is 12.0 Å². The van der Waals surface area contributed by atoms with Crippen LogP contribution in [0.2, 0.25) is 0 Å². The van der Waals surface area contributed by atoms with Gasteiger partial charge in [0.15, 0.2) is 0 Å². The number of methoxy groups -OCH3 is 1. The van der Waals surface area contributed by atoms with Gasteiger partial charge in [-0.25, -0.2) is 13.1 Å². The first-order valence-corrected chi connectivity index (χ1v) is 7.16. The molecule has 0 heterocycles. The number of ether oxygens (including phenoxy) is 1. The highest BCUT2D eigenvalue weighted by atomic mass is 32.2. The predicted octanol–water partition coefficient (Wildman–Crippen LogP) is 1.31. The second kappa shape index (κ2) is 7.13. The van der Waals surface area contributed by atoms with E-state index in [0.29, 0.717) is 25.8 Å². The average molecular weight is 271 g/mol. The van der Waals surface area contributed by atoms with Gasteiger partial charge in [-0.1, -0.05) is 18.2 Å². The minimum absolute atomic E-state index is 0.248. The molecule has 1 aromatic carbocycles. The third-order valence-electron chi connectivity index (χ3n) is 2.38. The van der Waals surface area contributed by atoms with Crippen LogP contribution in [0, 0.1) is 0 Å². The van der Waals surface area contributed by atoms with Crippen LogP contribution in [-0.4, -0.2) is 28.0 Å². The fourth-order valence-corrected chi connectivity index (χ4v) is 2.48. The molecule has 6 heteroatoms. The number of rotatable bonds is 7. The summed E-state index contributed by atoms with van der Waals surface area (Å²) in [5, 5.41) is 0. The standard InChI is InChI=1S/C12H17NO4S/c1-17-12(14)9-5-6-10-13-18(15,16)11-7-3-2-4-8-11/h2-4,7-8,13H,5-6,9-10H2,1H3. The summed E-state index contributed by atoms with van der Waals surface area (Å²) in [7, 11) is -2.10. The zero-order valence-electron chi connectivity index (χ0n) is 10.3. The lowest BCUT2D eigenvalue weighted by atomic mass is 10.2. The quantitative estimate of drug-likeness (QED) is 0.599. The Bertz CT molecular complexity index is 470. The molecule has 1 N–H and O–H groups in total. The van der Waals surface area contributed by atoms with Gasteiger partial charge in [-0.15, -0.1) is 0 Å². The van der Waals surface area contributed by atoms with Gasteiger partial charge >= 0.3 is 5.97 Å². The van der Waals surface area contributed by atoms with Crippen LogP contribution in [0.3, 0.4) is 0 Å². The summed E-state index contributed by atoms with van der Waals surface area (Å²) >= 11 is 0. The Balaban J connectivity index is 2.33.